The molecule has 1 fully saturated rings. The first-order valence-corrected chi connectivity index (χ1v) is 8.29. The van der Waals surface area contributed by atoms with E-state index in [1.165, 1.54) is 12.1 Å². The Hall–Kier alpha value is -1.56. The highest BCUT2D eigenvalue weighted by molar-refractivity contribution is 7.99. The van der Waals surface area contributed by atoms with Crippen molar-refractivity contribution in [2.24, 2.45) is 0 Å². The van der Waals surface area contributed by atoms with Gasteiger partial charge in [-0.25, -0.2) is 0 Å². The van der Waals surface area contributed by atoms with E-state index in [1.807, 2.05) is 11.8 Å². The number of thioether (sulfide) groups is 1. The molecular weight excluding hydrogens is 288 g/mol. The Morgan fingerprint density at radius 3 is 3.00 bits per heavy atom. The quantitative estimate of drug-likeness (QED) is 0.648. The Morgan fingerprint density at radius 1 is 1.48 bits per heavy atom. The Kier molecular flexibility index (Phi) is 5.61. The molecule has 114 valence electrons. The van der Waals surface area contributed by atoms with Gasteiger partial charge in [0.2, 0.25) is 5.91 Å². The largest absolute Gasteiger partial charge is 0.352 e. The lowest BCUT2D eigenvalue weighted by Crippen LogP contribution is -2.39. The minimum atomic E-state index is -0.438. The second kappa shape index (κ2) is 7.45. The number of rotatable bonds is 6. The van der Waals surface area contributed by atoms with Crippen LogP contribution in [-0.4, -0.2) is 27.9 Å². The zero-order valence-corrected chi connectivity index (χ0v) is 12.9. The molecule has 0 unspecified atom stereocenters. The maximum Gasteiger partial charge on any atom is 0.269 e. The lowest BCUT2D eigenvalue weighted by atomic mass is 10.1. The molecule has 6 heteroatoms. The minimum absolute atomic E-state index is 0.0283. The minimum Gasteiger partial charge on any atom is -0.352 e. The number of benzene rings is 1. The summed E-state index contributed by atoms with van der Waals surface area (Å²) in [5, 5.41) is 14.3. The van der Waals surface area contributed by atoms with Crippen LogP contribution in [0.1, 0.15) is 31.7 Å². The molecule has 1 aliphatic rings. The van der Waals surface area contributed by atoms with Crippen LogP contribution in [0.15, 0.2) is 24.3 Å². The molecule has 1 amide bonds. The van der Waals surface area contributed by atoms with Crippen molar-refractivity contribution in [2.45, 2.75) is 43.9 Å². The van der Waals surface area contributed by atoms with E-state index in [0.29, 0.717) is 10.8 Å². The number of nitrogens with zero attached hydrogens (tertiary/aromatic N) is 1. The normalized spacial score (nSPS) is 21.2. The van der Waals surface area contributed by atoms with Gasteiger partial charge in [0.25, 0.3) is 5.69 Å². The van der Waals surface area contributed by atoms with Crippen LogP contribution in [0.25, 0.3) is 0 Å². The highest BCUT2D eigenvalue weighted by Gasteiger charge is 2.28. The number of amides is 1. The first kappa shape index (κ1) is 15.8. The number of carbonyl (C=O) groups is 1. The average molecular weight is 308 g/mol. The first-order valence-electron chi connectivity index (χ1n) is 7.24. The van der Waals surface area contributed by atoms with Crippen LogP contribution >= 0.6 is 11.8 Å². The van der Waals surface area contributed by atoms with E-state index in [-0.39, 0.29) is 24.1 Å². The molecule has 0 spiro atoms. The van der Waals surface area contributed by atoms with E-state index < -0.39 is 4.92 Å². The molecule has 21 heavy (non-hydrogen) atoms. The molecule has 2 rings (SSSR count). The van der Waals surface area contributed by atoms with Crippen LogP contribution in [-0.2, 0) is 11.2 Å². The summed E-state index contributed by atoms with van der Waals surface area (Å²) in [5.74, 6) is 1.01. The molecular formula is C15H20N2O3S. The van der Waals surface area contributed by atoms with Gasteiger partial charge in [-0.3, -0.25) is 14.9 Å². The number of carbonyl (C=O) groups excluding carboxylic acids is 1. The van der Waals surface area contributed by atoms with Crippen molar-refractivity contribution >= 4 is 23.4 Å². The standard InChI is InChI=1S/C15H20N2O3S/c1-2-21-14-8-4-7-13(14)16-15(18)10-11-5-3-6-12(9-11)17(19)20/h3,5-6,9,13-14H,2,4,7-8,10H2,1H3,(H,16,18)/t13-,14+/m1/s1. The van der Waals surface area contributed by atoms with Crippen LogP contribution in [0.3, 0.4) is 0 Å². The summed E-state index contributed by atoms with van der Waals surface area (Å²) in [6.45, 7) is 2.13. The van der Waals surface area contributed by atoms with Gasteiger partial charge in [0.15, 0.2) is 0 Å². The Morgan fingerprint density at radius 2 is 2.29 bits per heavy atom. The fourth-order valence-corrected chi connectivity index (χ4v) is 3.93. The second-order valence-corrected chi connectivity index (χ2v) is 6.72. The zero-order valence-electron chi connectivity index (χ0n) is 12.1. The third-order valence-electron chi connectivity index (χ3n) is 3.67. The molecule has 0 heterocycles. The van der Waals surface area contributed by atoms with Gasteiger partial charge >= 0.3 is 0 Å². The summed E-state index contributed by atoms with van der Waals surface area (Å²) in [7, 11) is 0. The van der Waals surface area contributed by atoms with Crippen LogP contribution in [0.5, 0.6) is 0 Å². The molecule has 1 aromatic rings. The molecule has 1 saturated carbocycles. The zero-order chi connectivity index (χ0) is 15.2. The van der Waals surface area contributed by atoms with Crippen LogP contribution in [0.4, 0.5) is 5.69 Å². The van der Waals surface area contributed by atoms with Gasteiger partial charge < -0.3 is 5.32 Å². The molecule has 5 nitrogen and oxygen atoms in total. The lowest BCUT2D eigenvalue weighted by Gasteiger charge is -2.20. The Labute approximate surface area is 128 Å². The van der Waals surface area contributed by atoms with Crippen molar-refractivity contribution in [3.05, 3.63) is 39.9 Å². The van der Waals surface area contributed by atoms with Gasteiger partial charge in [0, 0.05) is 23.4 Å². The van der Waals surface area contributed by atoms with Crippen LogP contribution < -0.4 is 5.32 Å². The predicted octanol–water partition coefficient (Wildman–Crippen LogP) is 2.93. The van der Waals surface area contributed by atoms with Gasteiger partial charge in [-0.1, -0.05) is 25.5 Å². The van der Waals surface area contributed by atoms with Crippen LogP contribution in [0, 0.1) is 10.1 Å². The number of nitro groups is 1. The van der Waals surface area contributed by atoms with Gasteiger partial charge in [0.1, 0.15) is 0 Å². The third kappa shape index (κ3) is 4.46. The molecule has 1 N–H and O–H groups in total. The monoisotopic (exact) mass is 308 g/mol. The van der Waals surface area contributed by atoms with Crippen molar-refractivity contribution in [3.63, 3.8) is 0 Å². The SMILES string of the molecule is CCS[C@H]1CCC[C@H]1NC(=O)Cc1cccc([N+](=O)[O-])c1. The second-order valence-electron chi connectivity index (χ2n) is 5.20. The Bertz CT molecular complexity index is 521. The van der Waals surface area contributed by atoms with Crippen molar-refractivity contribution < 1.29 is 9.72 Å². The maximum atomic E-state index is 12.1. The maximum absolute atomic E-state index is 12.1. The van der Waals surface area contributed by atoms with Crippen molar-refractivity contribution in [3.8, 4) is 0 Å². The highest BCUT2D eigenvalue weighted by atomic mass is 32.2. The van der Waals surface area contributed by atoms with Gasteiger partial charge in [0.05, 0.1) is 11.3 Å². The molecule has 1 aliphatic carbocycles. The van der Waals surface area contributed by atoms with E-state index in [2.05, 4.69) is 12.2 Å². The van der Waals surface area contributed by atoms with Crippen molar-refractivity contribution in [1.29, 1.82) is 0 Å². The predicted molar refractivity (Wildman–Crippen MR) is 84.5 cm³/mol. The van der Waals surface area contributed by atoms with E-state index in [4.69, 9.17) is 0 Å². The number of non-ortho nitro benzene ring substituents is 1. The van der Waals surface area contributed by atoms with E-state index >= 15 is 0 Å². The number of nitrogens with one attached hydrogen (secondary N) is 1. The molecule has 2 atom stereocenters. The first-order chi connectivity index (χ1) is 10.1. The topological polar surface area (TPSA) is 72.2 Å². The fourth-order valence-electron chi connectivity index (χ4n) is 2.73. The summed E-state index contributed by atoms with van der Waals surface area (Å²) in [5.41, 5.74) is 0.708. The third-order valence-corrected chi connectivity index (χ3v) is 4.99. The summed E-state index contributed by atoms with van der Waals surface area (Å²) >= 11 is 1.90. The van der Waals surface area contributed by atoms with Gasteiger partial charge in [-0.15, -0.1) is 0 Å². The molecule has 0 aromatic heterocycles. The lowest BCUT2D eigenvalue weighted by molar-refractivity contribution is -0.384. The Balaban J connectivity index is 1.92. The summed E-state index contributed by atoms with van der Waals surface area (Å²) in [4.78, 5) is 22.4. The van der Waals surface area contributed by atoms with E-state index in [9.17, 15) is 14.9 Å². The number of hydrogen-bond acceptors (Lipinski definition) is 4. The average Bonchev–Trinajstić information content (AvgIpc) is 2.86. The summed E-state index contributed by atoms with van der Waals surface area (Å²) in [6, 6.07) is 6.51. The molecule has 0 saturated heterocycles. The van der Waals surface area contributed by atoms with Crippen molar-refractivity contribution in [2.75, 3.05) is 5.75 Å². The van der Waals surface area contributed by atoms with Gasteiger partial charge in [-0.2, -0.15) is 11.8 Å². The molecule has 0 bridgehead atoms. The summed E-state index contributed by atoms with van der Waals surface area (Å²) in [6.07, 6.45) is 3.53. The van der Waals surface area contributed by atoms with Crippen LogP contribution in [0.2, 0.25) is 0 Å². The van der Waals surface area contributed by atoms with E-state index in [0.717, 1.165) is 25.0 Å². The number of nitro benzene ring substituents is 1. The van der Waals surface area contributed by atoms with Crippen molar-refractivity contribution in [1.82, 2.24) is 5.32 Å². The fraction of sp³-hybridized carbons (Fsp3) is 0.533. The number of hydrogen-bond donors (Lipinski definition) is 1. The smallest absolute Gasteiger partial charge is 0.269 e. The molecule has 0 aliphatic heterocycles. The molecule has 0 radical (unpaired) electrons. The molecule has 1 aromatic carbocycles. The van der Waals surface area contributed by atoms with Gasteiger partial charge in [-0.05, 0) is 24.2 Å². The van der Waals surface area contributed by atoms with E-state index in [1.54, 1.807) is 12.1 Å². The summed E-state index contributed by atoms with van der Waals surface area (Å²) < 4.78 is 0. The highest BCUT2D eigenvalue weighted by Crippen LogP contribution is 2.29.